The molecule has 0 amide bonds. The smallest absolute Gasteiger partial charge is 0.326 e. The molecule has 13 heavy (non-hydrogen) atoms. The summed E-state index contributed by atoms with van der Waals surface area (Å²) in [5.41, 5.74) is 0.533. The van der Waals surface area contributed by atoms with Crippen molar-refractivity contribution in [2.24, 2.45) is 0 Å². The van der Waals surface area contributed by atoms with E-state index in [9.17, 15) is 9.59 Å². The van der Waals surface area contributed by atoms with E-state index in [1.807, 2.05) is 0 Å². The standard InChI is InChI=1S/C9H7ClO3/c10-5-9(12)13-8-3-1-7(6-11)2-4-8/h1-4,6H,5H2. The van der Waals surface area contributed by atoms with E-state index < -0.39 is 5.97 Å². The summed E-state index contributed by atoms with van der Waals surface area (Å²) in [5.74, 6) is -0.313. The van der Waals surface area contributed by atoms with Crippen molar-refractivity contribution in [3.63, 3.8) is 0 Å². The number of aldehydes is 1. The number of hydrogen-bond donors (Lipinski definition) is 0. The number of benzene rings is 1. The van der Waals surface area contributed by atoms with Crippen molar-refractivity contribution in [1.29, 1.82) is 0 Å². The first-order chi connectivity index (χ1) is 6.26. The molecular weight excluding hydrogens is 192 g/mol. The zero-order chi connectivity index (χ0) is 9.68. The zero-order valence-electron chi connectivity index (χ0n) is 6.70. The largest absolute Gasteiger partial charge is 0.426 e. The molecule has 0 N–H and O–H groups in total. The molecule has 0 heterocycles. The van der Waals surface area contributed by atoms with E-state index in [4.69, 9.17) is 16.3 Å². The van der Waals surface area contributed by atoms with Gasteiger partial charge in [0.25, 0.3) is 0 Å². The third kappa shape index (κ3) is 2.87. The van der Waals surface area contributed by atoms with Gasteiger partial charge in [-0.1, -0.05) is 0 Å². The summed E-state index contributed by atoms with van der Waals surface area (Å²) < 4.78 is 4.78. The monoisotopic (exact) mass is 198 g/mol. The van der Waals surface area contributed by atoms with E-state index in [-0.39, 0.29) is 5.88 Å². The van der Waals surface area contributed by atoms with Crippen LogP contribution in [0.1, 0.15) is 10.4 Å². The van der Waals surface area contributed by atoms with Gasteiger partial charge in [0.2, 0.25) is 0 Å². The first-order valence-electron chi connectivity index (χ1n) is 3.58. The molecule has 1 aromatic rings. The number of rotatable bonds is 3. The van der Waals surface area contributed by atoms with E-state index >= 15 is 0 Å². The first kappa shape index (κ1) is 9.74. The molecule has 0 aliphatic carbocycles. The second-order valence-corrected chi connectivity index (χ2v) is 2.56. The van der Waals surface area contributed by atoms with Crippen LogP contribution in [0.15, 0.2) is 24.3 Å². The lowest BCUT2D eigenvalue weighted by Crippen LogP contribution is -2.08. The molecule has 0 aromatic heterocycles. The predicted octanol–water partition coefficient (Wildman–Crippen LogP) is 1.64. The highest BCUT2D eigenvalue weighted by atomic mass is 35.5. The van der Waals surface area contributed by atoms with E-state index in [1.54, 1.807) is 12.1 Å². The lowest BCUT2D eigenvalue weighted by molar-refractivity contribution is -0.131. The summed E-state index contributed by atoms with van der Waals surface area (Å²) in [6.45, 7) is 0. The normalized spacial score (nSPS) is 9.31. The van der Waals surface area contributed by atoms with Gasteiger partial charge in [0, 0.05) is 5.56 Å². The number of carbonyl (C=O) groups excluding carboxylic acids is 2. The molecule has 0 saturated carbocycles. The Morgan fingerprint density at radius 3 is 2.46 bits per heavy atom. The van der Waals surface area contributed by atoms with Crippen LogP contribution in [0.3, 0.4) is 0 Å². The fraction of sp³-hybridized carbons (Fsp3) is 0.111. The minimum Gasteiger partial charge on any atom is -0.426 e. The second-order valence-electron chi connectivity index (χ2n) is 2.29. The molecule has 68 valence electrons. The van der Waals surface area contributed by atoms with Gasteiger partial charge in [-0.15, -0.1) is 11.6 Å². The number of halogens is 1. The van der Waals surface area contributed by atoms with E-state index in [1.165, 1.54) is 12.1 Å². The second kappa shape index (κ2) is 4.62. The molecule has 0 aliphatic heterocycles. The van der Waals surface area contributed by atoms with Gasteiger partial charge in [-0.2, -0.15) is 0 Å². The minimum atomic E-state index is -0.513. The minimum absolute atomic E-state index is 0.185. The van der Waals surface area contributed by atoms with Crippen LogP contribution in [0.2, 0.25) is 0 Å². The van der Waals surface area contributed by atoms with Gasteiger partial charge in [-0.3, -0.25) is 9.59 Å². The van der Waals surface area contributed by atoms with Crippen molar-refractivity contribution in [2.75, 3.05) is 5.88 Å². The topological polar surface area (TPSA) is 43.4 Å². The molecule has 0 aliphatic rings. The molecule has 0 spiro atoms. The molecule has 1 rings (SSSR count). The lowest BCUT2D eigenvalue weighted by atomic mass is 10.2. The summed E-state index contributed by atoms with van der Waals surface area (Å²) in [6.07, 6.45) is 0.715. The van der Waals surface area contributed by atoms with Gasteiger partial charge >= 0.3 is 5.97 Å². The number of carbonyl (C=O) groups is 2. The van der Waals surface area contributed by atoms with Gasteiger partial charge in [-0.25, -0.2) is 0 Å². The summed E-state index contributed by atoms with van der Waals surface area (Å²) in [7, 11) is 0. The maximum Gasteiger partial charge on any atom is 0.326 e. The molecule has 0 bridgehead atoms. The van der Waals surface area contributed by atoms with Crippen LogP contribution in [0.25, 0.3) is 0 Å². The van der Waals surface area contributed by atoms with Crippen molar-refractivity contribution in [1.82, 2.24) is 0 Å². The third-order valence-corrected chi connectivity index (χ3v) is 1.58. The maximum atomic E-state index is 10.7. The predicted molar refractivity (Wildman–Crippen MR) is 48.2 cm³/mol. The highest BCUT2D eigenvalue weighted by molar-refractivity contribution is 6.26. The molecule has 0 radical (unpaired) electrons. The molecule has 0 fully saturated rings. The average molecular weight is 199 g/mol. The molecule has 1 aromatic carbocycles. The Morgan fingerprint density at radius 1 is 1.38 bits per heavy atom. The van der Waals surface area contributed by atoms with Gasteiger partial charge in [0.1, 0.15) is 17.9 Å². The molecule has 0 atom stereocenters. The van der Waals surface area contributed by atoms with Crippen molar-refractivity contribution in [2.45, 2.75) is 0 Å². The van der Waals surface area contributed by atoms with Crippen LogP contribution in [0.4, 0.5) is 0 Å². The zero-order valence-corrected chi connectivity index (χ0v) is 7.45. The summed E-state index contributed by atoms with van der Waals surface area (Å²) in [5, 5.41) is 0. The Kier molecular flexibility index (Phi) is 3.46. The lowest BCUT2D eigenvalue weighted by Gasteiger charge is -2.00. The Balaban J connectivity index is 2.69. The summed E-state index contributed by atoms with van der Waals surface area (Å²) in [4.78, 5) is 21.0. The molecule has 3 nitrogen and oxygen atoms in total. The van der Waals surface area contributed by atoms with Crippen LogP contribution in [-0.4, -0.2) is 18.1 Å². The number of esters is 1. The van der Waals surface area contributed by atoms with E-state index in [0.717, 1.165) is 0 Å². The van der Waals surface area contributed by atoms with Crippen molar-refractivity contribution < 1.29 is 14.3 Å². The van der Waals surface area contributed by atoms with Crippen molar-refractivity contribution in [3.8, 4) is 5.75 Å². The number of hydrogen-bond acceptors (Lipinski definition) is 3. The summed E-state index contributed by atoms with van der Waals surface area (Å²) in [6, 6.07) is 6.19. The average Bonchev–Trinajstić information content (AvgIpc) is 2.19. The van der Waals surface area contributed by atoms with Crippen LogP contribution in [-0.2, 0) is 4.79 Å². The van der Waals surface area contributed by atoms with Crippen molar-refractivity contribution >= 4 is 23.9 Å². The van der Waals surface area contributed by atoms with E-state index in [2.05, 4.69) is 0 Å². The van der Waals surface area contributed by atoms with Crippen LogP contribution in [0, 0.1) is 0 Å². The summed E-state index contributed by atoms with van der Waals surface area (Å²) >= 11 is 5.23. The SMILES string of the molecule is O=Cc1ccc(OC(=O)CCl)cc1. The Morgan fingerprint density at radius 2 is 2.00 bits per heavy atom. The Bertz CT molecular complexity index is 305. The molecule has 0 saturated heterocycles. The Labute approximate surface area is 80.3 Å². The van der Waals surface area contributed by atoms with Gasteiger partial charge in [-0.05, 0) is 24.3 Å². The highest BCUT2D eigenvalue weighted by Gasteiger charge is 2.01. The quantitative estimate of drug-likeness (QED) is 0.321. The third-order valence-electron chi connectivity index (χ3n) is 1.36. The molecular formula is C9H7ClO3. The maximum absolute atomic E-state index is 10.7. The van der Waals surface area contributed by atoms with Gasteiger partial charge in [0.05, 0.1) is 0 Å². The van der Waals surface area contributed by atoms with Crippen LogP contribution < -0.4 is 4.74 Å². The number of alkyl halides is 1. The van der Waals surface area contributed by atoms with Gasteiger partial charge in [0.15, 0.2) is 0 Å². The fourth-order valence-electron chi connectivity index (χ4n) is 0.773. The van der Waals surface area contributed by atoms with Crippen LogP contribution >= 0.6 is 11.6 Å². The first-order valence-corrected chi connectivity index (χ1v) is 4.11. The fourth-order valence-corrected chi connectivity index (χ4v) is 0.828. The van der Waals surface area contributed by atoms with Crippen molar-refractivity contribution in [3.05, 3.63) is 29.8 Å². The number of ether oxygens (including phenoxy) is 1. The van der Waals surface area contributed by atoms with E-state index in [0.29, 0.717) is 17.6 Å². The Hall–Kier alpha value is -1.35. The molecule has 4 heteroatoms. The van der Waals surface area contributed by atoms with Gasteiger partial charge < -0.3 is 4.74 Å². The highest BCUT2D eigenvalue weighted by Crippen LogP contribution is 2.11. The molecule has 0 unspecified atom stereocenters. The van der Waals surface area contributed by atoms with Crippen LogP contribution in [0.5, 0.6) is 5.75 Å².